The Morgan fingerprint density at radius 3 is 2.35 bits per heavy atom. The van der Waals surface area contributed by atoms with Crippen molar-refractivity contribution >= 4 is 0 Å². The Morgan fingerprint density at radius 2 is 1.71 bits per heavy atom. The normalized spacial score (nSPS) is 33.5. The summed E-state index contributed by atoms with van der Waals surface area (Å²) in [6, 6.07) is 0.602. The van der Waals surface area contributed by atoms with Gasteiger partial charge in [-0.2, -0.15) is 0 Å². The van der Waals surface area contributed by atoms with Crippen LogP contribution in [0.4, 0.5) is 0 Å². The van der Waals surface area contributed by atoms with Crippen molar-refractivity contribution in [3.05, 3.63) is 0 Å². The maximum Gasteiger partial charge on any atom is 0.0267 e. The third-order valence-corrected chi connectivity index (χ3v) is 5.26. The molecule has 0 amide bonds. The van der Waals surface area contributed by atoms with Crippen molar-refractivity contribution in [1.82, 2.24) is 5.43 Å². The maximum atomic E-state index is 5.87. The molecule has 0 saturated heterocycles. The molecule has 2 nitrogen and oxygen atoms in total. The van der Waals surface area contributed by atoms with Crippen molar-refractivity contribution in [3.63, 3.8) is 0 Å². The Balaban J connectivity index is 1.91. The quantitative estimate of drug-likeness (QED) is 0.580. The summed E-state index contributed by atoms with van der Waals surface area (Å²) in [5, 5.41) is 0. The van der Waals surface area contributed by atoms with Crippen LogP contribution in [-0.4, -0.2) is 6.04 Å². The fourth-order valence-electron chi connectivity index (χ4n) is 4.18. The van der Waals surface area contributed by atoms with Gasteiger partial charge < -0.3 is 0 Å². The van der Waals surface area contributed by atoms with Crippen LogP contribution in [0.3, 0.4) is 0 Å². The van der Waals surface area contributed by atoms with Crippen LogP contribution in [0.1, 0.15) is 71.1 Å². The summed E-state index contributed by atoms with van der Waals surface area (Å²) < 4.78 is 0. The molecule has 0 aliphatic heterocycles. The van der Waals surface area contributed by atoms with Gasteiger partial charge in [-0.1, -0.05) is 45.4 Å². The van der Waals surface area contributed by atoms with Crippen LogP contribution in [0.5, 0.6) is 0 Å². The summed E-state index contributed by atoms with van der Waals surface area (Å²) in [6.07, 6.45) is 14.2. The standard InChI is InChI=1S/C15H30N2/c1-2-12-7-6-10-14(11-12)15(17-16)13-8-4-3-5-9-13/h12-15,17H,2-11,16H2,1H3. The number of hydrogen-bond acceptors (Lipinski definition) is 2. The number of nitrogens with two attached hydrogens (primary N) is 1. The molecule has 3 N–H and O–H groups in total. The maximum absolute atomic E-state index is 5.87. The Labute approximate surface area is 107 Å². The van der Waals surface area contributed by atoms with Crippen LogP contribution in [0.2, 0.25) is 0 Å². The summed E-state index contributed by atoms with van der Waals surface area (Å²) in [5.74, 6) is 8.54. The zero-order valence-electron chi connectivity index (χ0n) is 11.5. The summed E-state index contributed by atoms with van der Waals surface area (Å²) in [7, 11) is 0. The molecule has 2 heteroatoms. The fraction of sp³-hybridized carbons (Fsp3) is 1.00. The second-order valence-corrected chi connectivity index (χ2v) is 6.29. The molecule has 2 rings (SSSR count). The minimum atomic E-state index is 0.602. The van der Waals surface area contributed by atoms with E-state index in [2.05, 4.69) is 12.3 Å². The van der Waals surface area contributed by atoms with E-state index in [1.165, 1.54) is 64.2 Å². The fourth-order valence-corrected chi connectivity index (χ4v) is 4.18. The lowest BCUT2D eigenvalue weighted by molar-refractivity contribution is 0.145. The molecule has 100 valence electrons. The van der Waals surface area contributed by atoms with Gasteiger partial charge in [0.15, 0.2) is 0 Å². The molecule has 0 aromatic carbocycles. The number of nitrogens with one attached hydrogen (secondary N) is 1. The lowest BCUT2D eigenvalue weighted by Crippen LogP contribution is -2.48. The highest BCUT2D eigenvalue weighted by Gasteiger charge is 2.32. The zero-order valence-corrected chi connectivity index (χ0v) is 11.5. The van der Waals surface area contributed by atoms with Gasteiger partial charge in [-0.3, -0.25) is 11.3 Å². The Morgan fingerprint density at radius 1 is 1.00 bits per heavy atom. The summed E-state index contributed by atoms with van der Waals surface area (Å²) in [5.41, 5.74) is 3.19. The smallest absolute Gasteiger partial charge is 0.0267 e. The minimum absolute atomic E-state index is 0.602. The molecule has 17 heavy (non-hydrogen) atoms. The van der Waals surface area contributed by atoms with E-state index in [0.717, 1.165) is 17.8 Å². The molecule has 3 atom stereocenters. The second-order valence-electron chi connectivity index (χ2n) is 6.29. The van der Waals surface area contributed by atoms with E-state index in [1.54, 1.807) is 0 Å². The largest absolute Gasteiger partial charge is 0.271 e. The van der Waals surface area contributed by atoms with Crippen LogP contribution in [-0.2, 0) is 0 Å². The predicted molar refractivity (Wildman–Crippen MR) is 73.4 cm³/mol. The van der Waals surface area contributed by atoms with Gasteiger partial charge in [0.1, 0.15) is 0 Å². The minimum Gasteiger partial charge on any atom is -0.271 e. The number of rotatable bonds is 4. The van der Waals surface area contributed by atoms with Crippen molar-refractivity contribution in [2.75, 3.05) is 0 Å². The van der Waals surface area contributed by atoms with E-state index in [1.807, 2.05) is 0 Å². The third-order valence-electron chi connectivity index (χ3n) is 5.26. The predicted octanol–water partition coefficient (Wildman–Crippen LogP) is 3.62. The van der Waals surface area contributed by atoms with Crippen LogP contribution in [0, 0.1) is 17.8 Å². The molecular formula is C15H30N2. The number of hydrogen-bond donors (Lipinski definition) is 2. The Kier molecular flexibility index (Phi) is 5.30. The van der Waals surface area contributed by atoms with Gasteiger partial charge in [-0.25, -0.2) is 0 Å². The lowest BCUT2D eigenvalue weighted by atomic mass is 9.71. The van der Waals surface area contributed by atoms with E-state index < -0.39 is 0 Å². The average molecular weight is 238 g/mol. The molecule has 0 aromatic rings. The summed E-state index contributed by atoms with van der Waals surface area (Å²) >= 11 is 0. The van der Waals surface area contributed by atoms with Crippen LogP contribution < -0.4 is 11.3 Å². The molecule has 0 aromatic heterocycles. The van der Waals surface area contributed by atoms with Gasteiger partial charge in [0.25, 0.3) is 0 Å². The number of hydrazine groups is 1. The van der Waals surface area contributed by atoms with Crippen molar-refractivity contribution in [1.29, 1.82) is 0 Å². The first kappa shape index (κ1) is 13.4. The molecule has 2 saturated carbocycles. The van der Waals surface area contributed by atoms with Crippen LogP contribution >= 0.6 is 0 Å². The van der Waals surface area contributed by atoms with Gasteiger partial charge in [-0.15, -0.1) is 0 Å². The van der Waals surface area contributed by atoms with Gasteiger partial charge in [0.05, 0.1) is 0 Å². The Bertz CT molecular complexity index is 211. The van der Waals surface area contributed by atoms with Crippen molar-refractivity contribution in [3.8, 4) is 0 Å². The van der Waals surface area contributed by atoms with E-state index in [4.69, 9.17) is 5.84 Å². The first-order valence-electron chi connectivity index (χ1n) is 7.81. The van der Waals surface area contributed by atoms with Crippen molar-refractivity contribution < 1.29 is 0 Å². The molecule has 2 aliphatic rings. The highest BCUT2D eigenvalue weighted by Crippen LogP contribution is 2.38. The highest BCUT2D eigenvalue weighted by atomic mass is 15.2. The summed E-state index contributed by atoms with van der Waals surface area (Å²) in [4.78, 5) is 0. The SMILES string of the molecule is CCC1CCCC(C(NN)C2CCCCC2)C1. The lowest BCUT2D eigenvalue weighted by Gasteiger charge is -2.39. The third kappa shape index (κ3) is 3.45. The highest BCUT2D eigenvalue weighted by molar-refractivity contribution is 4.87. The first-order chi connectivity index (χ1) is 8.35. The first-order valence-corrected chi connectivity index (χ1v) is 7.81. The van der Waals surface area contributed by atoms with E-state index in [0.29, 0.717) is 6.04 Å². The van der Waals surface area contributed by atoms with Crippen LogP contribution in [0.15, 0.2) is 0 Å². The molecule has 2 aliphatic carbocycles. The molecule has 2 fully saturated rings. The van der Waals surface area contributed by atoms with E-state index in [9.17, 15) is 0 Å². The molecule has 0 heterocycles. The zero-order chi connectivity index (χ0) is 12.1. The molecule has 3 unspecified atom stereocenters. The molecule has 0 radical (unpaired) electrons. The van der Waals surface area contributed by atoms with Gasteiger partial charge in [0, 0.05) is 6.04 Å². The second kappa shape index (κ2) is 6.75. The molecule has 0 spiro atoms. The molecule has 0 bridgehead atoms. The van der Waals surface area contributed by atoms with E-state index >= 15 is 0 Å². The topological polar surface area (TPSA) is 38.0 Å². The van der Waals surface area contributed by atoms with E-state index in [-0.39, 0.29) is 0 Å². The van der Waals surface area contributed by atoms with Gasteiger partial charge in [-0.05, 0) is 43.4 Å². The van der Waals surface area contributed by atoms with Crippen molar-refractivity contribution in [2.45, 2.75) is 77.2 Å². The van der Waals surface area contributed by atoms with Crippen molar-refractivity contribution in [2.24, 2.45) is 23.6 Å². The van der Waals surface area contributed by atoms with Gasteiger partial charge in [0.2, 0.25) is 0 Å². The summed E-state index contributed by atoms with van der Waals surface area (Å²) in [6.45, 7) is 2.35. The molecular weight excluding hydrogens is 208 g/mol. The van der Waals surface area contributed by atoms with Gasteiger partial charge >= 0.3 is 0 Å². The Hall–Kier alpha value is -0.0800. The monoisotopic (exact) mass is 238 g/mol. The average Bonchev–Trinajstić information content (AvgIpc) is 2.41. The van der Waals surface area contributed by atoms with Crippen LogP contribution in [0.25, 0.3) is 0 Å².